The third kappa shape index (κ3) is 3.46. The Hall–Kier alpha value is -2.28. The van der Waals surface area contributed by atoms with Crippen LogP contribution in [0.25, 0.3) is 11.3 Å². The van der Waals surface area contributed by atoms with Crippen LogP contribution in [-0.4, -0.2) is 44.9 Å². The van der Waals surface area contributed by atoms with Crippen molar-refractivity contribution in [3.8, 4) is 11.3 Å². The molecule has 1 atom stereocenters. The van der Waals surface area contributed by atoms with Crippen LogP contribution in [0.5, 0.6) is 0 Å². The van der Waals surface area contributed by atoms with E-state index in [1.165, 1.54) is 6.92 Å². The molecule has 1 aliphatic heterocycles. The van der Waals surface area contributed by atoms with Crippen molar-refractivity contribution in [2.45, 2.75) is 25.7 Å². The highest BCUT2D eigenvalue weighted by Gasteiger charge is 2.30. The molecular weight excluding hydrogens is 326 g/mol. The highest BCUT2D eigenvalue weighted by molar-refractivity contribution is 7.10. The van der Waals surface area contributed by atoms with Crippen molar-refractivity contribution in [3.63, 3.8) is 0 Å². The maximum absolute atomic E-state index is 12.1. The smallest absolute Gasteiger partial charge is 0.315 e. The van der Waals surface area contributed by atoms with Crippen LogP contribution in [-0.2, 0) is 9.59 Å². The number of carbonyl (C=O) groups excluding carboxylic acids is 1. The Labute approximate surface area is 144 Å². The average molecular weight is 345 g/mol. The Balaban J connectivity index is 1.62. The standard InChI is InChI=1S/C17H19N3O3S/c1-11(17(22)23)16(21)20-8-4-13(5-9-20)15-19-14(10-24-15)12-2-6-18-7-3-12/h2-3,6-7,10-11,13H,4-5,8-9H2,1H3,(H,22,23). The molecule has 7 heteroatoms. The zero-order chi connectivity index (χ0) is 17.1. The molecular formula is C17H19N3O3S. The molecule has 2 aromatic heterocycles. The number of rotatable bonds is 4. The van der Waals surface area contributed by atoms with Gasteiger partial charge in [-0.3, -0.25) is 14.6 Å². The van der Waals surface area contributed by atoms with Gasteiger partial charge in [-0.1, -0.05) is 0 Å². The van der Waals surface area contributed by atoms with Gasteiger partial charge in [0.05, 0.1) is 10.7 Å². The molecule has 1 unspecified atom stereocenters. The second-order valence-corrected chi connectivity index (χ2v) is 6.86. The van der Waals surface area contributed by atoms with Crippen LogP contribution in [0.15, 0.2) is 29.9 Å². The van der Waals surface area contributed by atoms with E-state index in [4.69, 9.17) is 10.1 Å². The molecule has 0 radical (unpaired) electrons. The lowest BCUT2D eigenvalue weighted by atomic mass is 9.96. The summed E-state index contributed by atoms with van der Waals surface area (Å²) in [5, 5.41) is 12.1. The Morgan fingerprint density at radius 3 is 2.58 bits per heavy atom. The molecule has 1 fully saturated rings. The highest BCUT2D eigenvalue weighted by atomic mass is 32.1. The molecule has 0 bridgehead atoms. The SMILES string of the molecule is CC(C(=O)O)C(=O)N1CCC(c2nc(-c3ccncc3)cs2)CC1. The molecule has 0 saturated carbocycles. The summed E-state index contributed by atoms with van der Waals surface area (Å²) in [6.45, 7) is 2.62. The van der Waals surface area contributed by atoms with Crippen molar-refractivity contribution in [2.24, 2.45) is 5.92 Å². The van der Waals surface area contributed by atoms with E-state index in [1.807, 2.05) is 12.1 Å². The zero-order valence-electron chi connectivity index (χ0n) is 13.4. The summed E-state index contributed by atoms with van der Waals surface area (Å²) in [5.41, 5.74) is 2.01. The predicted octanol–water partition coefficient (Wildman–Crippen LogP) is 2.63. The van der Waals surface area contributed by atoms with Crippen LogP contribution < -0.4 is 0 Å². The summed E-state index contributed by atoms with van der Waals surface area (Å²) >= 11 is 1.64. The number of carboxylic acid groups (broad SMARTS) is 1. The molecule has 1 N–H and O–H groups in total. The lowest BCUT2D eigenvalue weighted by Crippen LogP contribution is -2.42. The minimum Gasteiger partial charge on any atom is -0.481 e. The molecule has 126 valence electrons. The second-order valence-electron chi connectivity index (χ2n) is 5.97. The monoisotopic (exact) mass is 345 g/mol. The normalized spacial score (nSPS) is 16.8. The molecule has 1 saturated heterocycles. The van der Waals surface area contributed by atoms with Gasteiger partial charge in [-0.15, -0.1) is 11.3 Å². The summed E-state index contributed by atoms with van der Waals surface area (Å²) in [6.07, 6.45) is 5.15. The van der Waals surface area contributed by atoms with Gasteiger partial charge in [-0.25, -0.2) is 4.98 Å². The van der Waals surface area contributed by atoms with Crippen LogP contribution in [0.2, 0.25) is 0 Å². The Morgan fingerprint density at radius 2 is 1.96 bits per heavy atom. The molecule has 24 heavy (non-hydrogen) atoms. The Bertz CT molecular complexity index is 724. The number of likely N-dealkylation sites (tertiary alicyclic amines) is 1. The van der Waals surface area contributed by atoms with Crippen molar-refractivity contribution in [3.05, 3.63) is 34.9 Å². The van der Waals surface area contributed by atoms with E-state index < -0.39 is 11.9 Å². The van der Waals surface area contributed by atoms with Gasteiger partial charge >= 0.3 is 5.97 Å². The van der Waals surface area contributed by atoms with E-state index in [9.17, 15) is 9.59 Å². The lowest BCUT2D eigenvalue weighted by molar-refractivity contribution is -0.150. The van der Waals surface area contributed by atoms with Gasteiger partial charge < -0.3 is 10.0 Å². The minimum atomic E-state index is -1.07. The van der Waals surface area contributed by atoms with Crippen molar-refractivity contribution in [1.82, 2.24) is 14.9 Å². The van der Waals surface area contributed by atoms with E-state index >= 15 is 0 Å². The predicted molar refractivity (Wildman–Crippen MR) is 90.7 cm³/mol. The maximum Gasteiger partial charge on any atom is 0.315 e. The van der Waals surface area contributed by atoms with Crippen LogP contribution in [0.1, 0.15) is 30.7 Å². The van der Waals surface area contributed by atoms with E-state index in [1.54, 1.807) is 28.6 Å². The quantitative estimate of drug-likeness (QED) is 0.861. The van der Waals surface area contributed by atoms with Crippen LogP contribution >= 0.6 is 11.3 Å². The fourth-order valence-corrected chi connectivity index (χ4v) is 3.86. The molecule has 6 nitrogen and oxygen atoms in total. The van der Waals surface area contributed by atoms with Gasteiger partial charge in [0.15, 0.2) is 0 Å². The topological polar surface area (TPSA) is 83.4 Å². The molecule has 0 spiro atoms. The zero-order valence-corrected chi connectivity index (χ0v) is 14.2. The Morgan fingerprint density at radius 1 is 1.29 bits per heavy atom. The first-order valence-corrected chi connectivity index (χ1v) is 8.81. The number of piperidine rings is 1. The average Bonchev–Trinajstić information content (AvgIpc) is 3.11. The number of nitrogens with zero attached hydrogens (tertiary/aromatic N) is 3. The number of hydrogen-bond acceptors (Lipinski definition) is 5. The molecule has 2 aromatic rings. The fraction of sp³-hybridized carbons (Fsp3) is 0.412. The maximum atomic E-state index is 12.1. The van der Waals surface area contributed by atoms with Crippen molar-refractivity contribution in [1.29, 1.82) is 0 Å². The van der Waals surface area contributed by atoms with Gasteiger partial charge in [0, 0.05) is 42.3 Å². The van der Waals surface area contributed by atoms with E-state index in [0.29, 0.717) is 19.0 Å². The summed E-state index contributed by atoms with van der Waals surface area (Å²) in [4.78, 5) is 33.4. The fourth-order valence-electron chi connectivity index (χ4n) is 2.86. The van der Waals surface area contributed by atoms with Gasteiger partial charge in [0.2, 0.25) is 5.91 Å². The number of carbonyl (C=O) groups is 2. The van der Waals surface area contributed by atoms with Gasteiger partial charge in [-0.2, -0.15) is 0 Å². The van der Waals surface area contributed by atoms with Crippen molar-refractivity contribution in [2.75, 3.05) is 13.1 Å². The van der Waals surface area contributed by atoms with Crippen molar-refractivity contribution < 1.29 is 14.7 Å². The largest absolute Gasteiger partial charge is 0.481 e. The summed E-state index contributed by atoms with van der Waals surface area (Å²) in [7, 11) is 0. The van der Waals surface area contributed by atoms with E-state index in [2.05, 4.69) is 10.4 Å². The van der Waals surface area contributed by atoms with Crippen LogP contribution in [0.3, 0.4) is 0 Å². The third-order valence-electron chi connectivity index (χ3n) is 4.39. The molecule has 0 aliphatic carbocycles. The number of amides is 1. The minimum absolute atomic E-state index is 0.294. The lowest BCUT2D eigenvalue weighted by Gasteiger charge is -2.32. The Kier molecular flexibility index (Phi) is 4.89. The summed E-state index contributed by atoms with van der Waals surface area (Å²) < 4.78 is 0. The molecule has 1 amide bonds. The second kappa shape index (κ2) is 7.09. The van der Waals surface area contributed by atoms with Crippen LogP contribution in [0, 0.1) is 5.92 Å². The number of aromatic nitrogens is 2. The molecule has 1 aliphatic rings. The first kappa shape index (κ1) is 16.6. The third-order valence-corrected chi connectivity index (χ3v) is 5.40. The molecule has 3 rings (SSSR count). The van der Waals surface area contributed by atoms with Gasteiger partial charge in [-0.05, 0) is 31.9 Å². The number of thiazole rings is 1. The molecule has 0 aromatic carbocycles. The number of pyridine rings is 1. The summed E-state index contributed by atoms with van der Waals surface area (Å²) in [5.74, 6) is -2.00. The van der Waals surface area contributed by atoms with Crippen LogP contribution in [0.4, 0.5) is 0 Å². The van der Waals surface area contributed by atoms with E-state index in [-0.39, 0.29) is 5.91 Å². The number of hydrogen-bond donors (Lipinski definition) is 1. The summed E-state index contributed by atoms with van der Waals surface area (Å²) in [6, 6.07) is 3.88. The number of carboxylic acids is 1. The van der Waals surface area contributed by atoms with Crippen molar-refractivity contribution >= 4 is 23.2 Å². The van der Waals surface area contributed by atoms with Gasteiger partial charge in [0.1, 0.15) is 5.92 Å². The number of aliphatic carboxylic acids is 1. The highest BCUT2D eigenvalue weighted by Crippen LogP contribution is 2.33. The van der Waals surface area contributed by atoms with E-state index in [0.717, 1.165) is 29.1 Å². The van der Waals surface area contributed by atoms with Gasteiger partial charge in [0.25, 0.3) is 0 Å². The molecule has 3 heterocycles. The first-order valence-electron chi connectivity index (χ1n) is 7.93. The first-order chi connectivity index (χ1) is 11.6.